The van der Waals surface area contributed by atoms with E-state index >= 15 is 0 Å². The van der Waals surface area contributed by atoms with E-state index in [1.165, 1.54) is 5.56 Å². The van der Waals surface area contributed by atoms with Crippen LogP contribution >= 0.6 is 11.6 Å². The van der Waals surface area contributed by atoms with Crippen LogP contribution in [0.15, 0.2) is 55.1 Å². The minimum absolute atomic E-state index is 0.729. The van der Waals surface area contributed by atoms with Crippen molar-refractivity contribution < 1.29 is 0 Å². The lowest BCUT2D eigenvalue weighted by Crippen LogP contribution is -1.89. The maximum Gasteiger partial charge on any atom is 0.0730 e. The summed E-state index contributed by atoms with van der Waals surface area (Å²) in [6.07, 6.45) is 2.83. The van der Waals surface area contributed by atoms with Gasteiger partial charge in [0, 0.05) is 10.9 Å². The van der Waals surface area contributed by atoms with E-state index in [1.54, 1.807) is 0 Å². The topological polar surface area (TPSA) is 12.9 Å². The largest absolute Gasteiger partial charge is 0.248 e. The van der Waals surface area contributed by atoms with Gasteiger partial charge in [-0.3, -0.25) is 0 Å². The number of rotatable bonds is 3. The summed E-state index contributed by atoms with van der Waals surface area (Å²) in [6, 6.07) is 16.4. The number of aryl methyl sites for hydroxylation is 1. The first-order valence-corrected chi connectivity index (χ1v) is 7.41. The zero-order chi connectivity index (χ0) is 14.8. The SMILES string of the molecule is C=Cc1ccc2c(Cl)cc(-c3cccc(CC)c3)nc2c1. The highest BCUT2D eigenvalue weighted by atomic mass is 35.5. The van der Waals surface area contributed by atoms with Gasteiger partial charge in [-0.05, 0) is 35.7 Å². The fourth-order valence-electron chi connectivity index (χ4n) is 2.43. The monoisotopic (exact) mass is 293 g/mol. The molecule has 0 unspecified atom stereocenters. The molecule has 0 saturated carbocycles. The number of fused-ring (bicyclic) bond motifs is 1. The maximum absolute atomic E-state index is 6.42. The second kappa shape index (κ2) is 5.71. The fourth-order valence-corrected chi connectivity index (χ4v) is 2.69. The fraction of sp³-hybridized carbons (Fsp3) is 0.105. The minimum Gasteiger partial charge on any atom is -0.248 e. The third kappa shape index (κ3) is 2.70. The van der Waals surface area contributed by atoms with E-state index in [0.29, 0.717) is 0 Å². The molecule has 2 heteroatoms. The highest BCUT2D eigenvalue weighted by Gasteiger charge is 2.07. The Balaban J connectivity index is 2.20. The van der Waals surface area contributed by atoms with Crippen LogP contribution in [0.5, 0.6) is 0 Å². The van der Waals surface area contributed by atoms with Gasteiger partial charge in [0.2, 0.25) is 0 Å². The van der Waals surface area contributed by atoms with Crippen molar-refractivity contribution in [3.8, 4) is 11.3 Å². The van der Waals surface area contributed by atoms with Gasteiger partial charge in [-0.2, -0.15) is 0 Å². The predicted octanol–water partition coefficient (Wildman–Crippen LogP) is 5.76. The molecule has 1 heterocycles. The third-order valence-electron chi connectivity index (χ3n) is 3.65. The van der Waals surface area contributed by atoms with Crippen LogP contribution in [-0.2, 0) is 6.42 Å². The summed E-state index contributed by atoms with van der Waals surface area (Å²) in [4.78, 5) is 4.76. The van der Waals surface area contributed by atoms with E-state index < -0.39 is 0 Å². The van der Waals surface area contributed by atoms with E-state index in [-0.39, 0.29) is 0 Å². The number of halogens is 1. The van der Waals surface area contributed by atoms with Gasteiger partial charge in [-0.1, -0.05) is 61.5 Å². The van der Waals surface area contributed by atoms with Crippen LogP contribution in [0.25, 0.3) is 28.2 Å². The van der Waals surface area contributed by atoms with Crippen molar-refractivity contribution in [1.29, 1.82) is 0 Å². The molecule has 3 rings (SSSR count). The number of aromatic nitrogens is 1. The highest BCUT2D eigenvalue weighted by molar-refractivity contribution is 6.35. The Bertz CT molecular complexity index is 821. The lowest BCUT2D eigenvalue weighted by Gasteiger charge is -2.08. The summed E-state index contributed by atoms with van der Waals surface area (Å²) in [6.45, 7) is 5.95. The summed E-state index contributed by atoms with van der Waals surface area (Å²) in [7, 11) is 0. The lowest BCUT2D eigenvalue weighted by atomic mass is 10.0. The molecule has 0 fully saturated rings. The molecule has 0 bridgehead atoms. The number of hydrogen-bond donors (Lipinski definition) is 0. The van der Waals surface area contributed by atoms with E-state index in [4.69, 9.17) is 16.6 Å². The molecule has 0 saturated heterocycles. The van der Waals surface area contributed by atoms with Crippen molar-refractivity contribution in [2.75, 3.05) is 0 Å². The van der Waals surface area contributed by atoms with Crippen molar-refractivity contribution in [1.82, 2.24) is 4.98 Å². The van der Waals surface area contributed by atoms with Gasteiger partial charge in [0.1, 0.15) is 0 Å². The molecule has 0 amide bonds. The Kier molecular flexibility index (Phi) is 3.76. The van der Waals surface area contributed by atoms with Gasteiger partial charge in [0.15, 0.2) is 0 Å². The number of pyridine rings is 1. The van der Waals surface area contributed by atoms with Gasteiger partial charge in [-0.15, -0.1) is 0 Å². The summed E-state index contributed by atoms with van der Waals surface area (Å²) in [5, 5.41) is 1.70. The first kappa shape index (κ1) is 13.8. The Morgan fingerprint density at radius 3 is 2.76 bits per heavy atom. The molecule has 1 nitrogen and oxygen atoms in total. The molecule has 3 aromatic rings. The van der Waals surface area contributed by atoms with Crippen molar-refractivity contribution in [3.05, 3.63) is 71.3 Å². The van der Waals surface area contributed by atoms with Gasteiger partial charge in [-0.25, -0.2) is 4.98 Å². The molecular formula is C19H16ClN. The van der Waals surface area contributed by atoms with Crippen molar-refractivity contribution in [2.24, 2.45) is 0 Å². The van der Waals surface area contributed by atoms with Crippen LogP contribution in [0.3, 0.4) is 0 Å². The van der Waals surface area contributed by atoms with Gasteiger partial charge >= 0.3 is 0 Å². The lowest BCUT2D eigenvalue weighted by molar-refractivity contribution is 1.14. The molecule has 1 aromatic heterocycles. The van der Waals surface area contributed by atoms with Crippen molar-refractivity contribution >= 4 is 28.6 Å². The molecule has 0 spiro atoms. The summed E-state index contributed by atoms with van der Waals surface area (Å²) < 4.78 is 0. The molecule has 21 heavy (non-hydrogen) atoms. The van der Waals surface area contributed by atoms with Crippen molar-refractivity contribution in [2.45, 2.75) is 13.3 Å². The van der Waals surface area contributed by atoms with Crippen LogP contribution < -0.4 is 0 Å². The molecule has 0 aliphatic carbocycles. The second-order valence-electron chi connectivity index (χ2n) is 5.02. The third-order valence-corrected chi connectivity index (χ3v) is 3.96. The normalized spacial score (nSPS) is 10.8. The average molecular weight is 294 g/mol. The summed E-state index contributed by atoms with van der Waals surface area (Å²) in [5.74, 6) is 0. The standard InChI is InChI=1S/C19H16ClN/c1-3-13-6-5-7-15(10-13)18-12-17(20)16-9-8-14(4-2)11-19(16)21-18/h4-12H,2-3H2,1H3. The average Bonchev–Trinajstić information content (AvgIpc) is 2.54. The number of hydrogen-bond acceptors (Lipinski definition) is 1. The smallest absolute Gasteiger partial charge is 0.0730 e. The second-order valence-corrected chi connectivity index (χ2v) is 5.43. The Hall–Kier alpha value is -2.12. The summed E-state index contributed by atoms with van der Waals surface area (Å²) >= 11 is 6.42. The van der Waals surface area contributed by atoms with Crippen LogP contribution in [0.4, 0.5) is 0 Å². The molecule has 0 aliphatic heterocycles. The number of nitrogens with zero attached hydrogens (tertiary/aromatic N) is 1. The number of benzene rings is 2. The minimum atomic E-state index is 0.729. The molecule has 0 atom stereocenters. The van der Waals surface area contributed by atoms with E-state index in [1.807, 2.05) is 30.3 Å². The molecular weight excluding hydrogens is 278 g/mol. The quantitative estimate of drug-likeness (QED) is 0.598. The van der Waals surface area contributed by atoms with Crippen LogP contribution in [0.1, 0.15) is 18.1 Å². The predicted molar refractivity (Wildman–Crippen MR) is 91.7 cm³/mol. The van der Waals surface area contributed by atoms with E-state index in [2.05, 4.69) is 37.8 Å². The highest BCUT2D eigenvalue weighted by Crippen LogP contribution is 2.29. The first-order valence-electron chi connectivity index (χ1n) is 7.03. The molecule has 0 N–H and O–H groups in total. The van der Waals surface area contributed by atoms with Gasteiger partial charge in [0.25, 0.3) is 0 Å². The molecule has 0 radical (unpaired) electrons. The Morgan fingerprint density at radius 2 is 2.00 bits per heavy atom. The van der Waals surface area contributed by atoms with Crippen LogP contribution in [0, 0.1) is 0 Å². The van der Waals surface area contributed by atoms with Gasteiger partial charge < -0.3 is 0 Å². The molecule has 0 aliphatic rings. The zero-order valence-electron chi connectivity index (χ0n) is 11.9. The zero-order valence-corrected chi connectivity index (χ0v) is 12.7. The molecule has 104 valence electrons. The Morgan fingerprint density at radius 1 is 1.14 bits per heavy atom. The van der Waals surface area contributed by atoms with E-state index in [9.17, 15) is 0 Å². The van der Waals surface area contributed by atoms with Crippen LogP contribution in [-0.4, -0.2) is 4.98 Å². The molecule has 2 aromatic carbocycles. The summed E-state index contributed by atoms with van der Waals surface area (Å²) in [5.41, 5.74) is 5.25. The Labute approximate surface area is 129 Å². The van der Waals surface area contributed by atoms with Crippen molar-refractivity contribution in [3.63, 3.8) is 0 Å². The maximum atomic E-state index is 6.42. The first-order chi connectivity index (χ1) is 10.2. The van der Waals surface area contributed by atoms with Crippen LogP contribution in [0.2, 0.25) is 5.02 Å². The van der Waals surface area contributed by atoms with E-state index in [0.717, 1.165) is 39.2 Å². The van der Waals surface area contributed by atoms with Gasteiger partial charge in [0.05, 0.1) is 16.2 Å².